The van der Waals surface area contributed by atoms with Crippen LogP contribution in [0, 0.1) is 11.3 Å². The molecule has 1 N–H and O–H groups in total. The number of fused-ring (bicyclic) bond motifs is 3. The van der Waals surface area contributed by atoms with E-state index in [2.05, 4.69) is 6.92 Å². The van der Waals surface area contributed by atoms with Gasteiger partial charge in [0.05, 0.1) is 12.5 Å². The first-order valence-electron chi connectivity index (χ1n) is 7.78. The molecule has 4 nitrogen and oxygen atoms in total. The van der Waals surface area contributed by atoms with E-state index in [1.54, 1.807) is 12.1 Å². The Morgan fingerprint density at radius 3 is 2.73 bits per heavy atom. The largest absolute Gasteiger partial charge is 0.508 e. The first kappa shape index (κ1) is 15.1. The Kier molecular flexibility index (Phi) is 3.31. The molecule has 0 aromatic heterocycles. The fraction of sp³-hybridized carbons (Fsp3) is 0.556. The molecule has 1 aromatic carbocycles. The molecule has 2 aliphatic rings. The molecule has 3 unspecified atom stereocenters. The Labute approximate surface area is 130 Å². The van der Waals surface area contributed by atoms with Gasteiger partial charge in [0.2, 0.25) is 0 Å². The maximum atomic E-state index is 12.6. The molecule has 0 bridgehead atoms. The van der Waals surface area contributed by atoms with Crippen molar-refractivity contribution in [1.82, 2.24) is 0 Å². The van der Waals surface area contributed by atoms with Crippen LogP contribution >= 0.6 is 0 Å². The molecule has 1 fully saturated rings. The lowest BCUT2D eigenvalue weighted by Crippen LogP contribution is -2.53. The number of aromatic hydroxyl groups is 1. The van der Waals surface area contributed by atoms with Crippen molar-refractivity contribution in [2.45, 2.75) is 44.9 Å². The van der Waals surface area contributed by atoms with Crippen molar-refractivity contribution in [2.75, 3.05) is 7.11 Å². The van der Waals surface area contributed by atoms with E-state index in [0.717, 1.165) is 24.8 Å². The Bertz CT molecular complexity index is 650. The molecule has 0 heterocycles. The van der Waals surface area contributed by atoms with Crippen LogP contribution in [0.1, 0.15) is 55.5 Å². The molecule has 3 rings (SSSR count). The van der Waals surface area contributed by atoms with Crippen LogP contribution in [0.5, 0.6) is 5.75 Å². The van der Waals surface area contributed by atoms with Gasteiger partial charge in [0.1, 0.15) is 5.75 Å². The number of hydrogen-bond acceptors (Lipinski definition) is 4. The first-order valence-corrected chi connectivity index (χ1v) is 7.78. The Morgan fingerprint density at radius 2 is 2.05 bits per heavy atom. The SMILES string of the molecule is COC(=O)C1(C)CCCC2(C)c3ccc(O)cc3C(=O)CC12. The highest BCUT2D eigenvalue weighted by molar-refractivity contribution is 6.00. The summed E-state index contributed by atoms with van der Waals surface area (Å²) in [5.41, 5.74) is 0.694. The van der Waals surface area contributed by atoms with Crippen LogP contribution in [-0.2, 0) is 14.9 Å². The third-order valence-electron chi connectivity index (χ3n) is 5.89. The molecule has 1 saturated carbocycles. The number of Topliss-reactive ketones (excluding diaryl/α,β-unsaturated/α-hetero) is 1. The normalized spacial score (nSPS) is 33.8. The Morgan fingerprint density at radius 1 is 1.32 bits per heavy atom. The summed E-state index contributed by atoms with van der Waals surface area (Å²) in [6, 6.07) is 5.03. The number of phenols is 1. The van der Waals surface area contributed by atoms with Gasteiger partial charge in [0, 0.05) is 12.0 Å². The average molecular weight is 302 g/mol. The fourth-order valence-electron chi connectivity index (χ4n) is 4.68. The third kappa shape index (κ3) is 1.89. The summed E-state index contributed by atoms with van der Waals surface area (Å²) < 4.78 is 5.04. The van der Waals surface area contributed by atoms with Crippen LogP contribution in [-0.4, -0.2) is 24.0 Å². The molecule has 0 spiro atoms. The fourth-order valence-corrected chi connectivity index (χ4v) is 4.68. The zero-order chi connectivity index (χ0) is 16.1. The number of ketones is 1. The number of rotatable bonds is 1. The van der Waals surface area contributed by atoms with E-state index in [4.69, 9.17) is 4.74 Å². The van der Waals surface area contributed by atoms with Gasteiger partial charge in [-0.05, 0) is 48.8 Å². The second-order valence-electron chi connectivity index (χ2n) is 7.09. The van der Waals surface area contributed by atoms with Crippen molar-refractivity contribution in [3.05, 3.63) is 29.3 Å². The lowest BCUT2D eigenvalue weighted by Gasteiger charge is -2.53. The van der Waals surface area contributed by atoms with Crippen LogP contribution in [0.15, 0.2) is 18.2 Å². The molecule has 0 radical (unpaired) electrons. The third-order valence-corrected chi connectivity index (χ3v) is 5.89. The van der Waals surface area contributed by atoms with Gasteiger partial charge in [-0.1, -0.05) is 19.4 Å². The number of carbonyl (C=O) groups excluding carboxylic acids is 2. The topological polar surface area (TPSA) is 63.6 Å². The molecular formula is C18H22O4. The number of methoxy groups -OCH3 is 1. The second kappa shape index (κ2) is 4.83. The zero-order valence-electron chi connectivity index (χ0n) is 13.3. The average Bonchev–Trinajstić information content (AvgIpc) is 2.49. The summed E-state index contributed by atoms with van der Waals surface area (Å²) >= 11 is 0. The highest BCUT2D eigenvalue weighted by atomic mass is 16.5. The van der Waals surface area contributed by atoms with Gasteiger partial charge in [0.15, 0.2) is 5.78 Å². The molecule has 0 amide bonds. The van der Waals surface area contributed by atoms with E-state index in [0.29, 0.717) is 12.0 Å². The van der Waals surface area contributed by atoms with Crippen molar-refractivity contribution in [3.8, 4) is 5.75 Å². The predicted octanol–water partition coefficient (Wildman–Crippen LogP) is 3.22. The lowest BCUT2D eigenvalue weighted by molar-refractivity contribution is -0.160. The lowest BCUT2D eigenvalue weighted by atomic mass is 9.49. The van der Waals surface area contributed by atoms with Gasteiger partial charge in [-0.3, -0.25) is 9.59 Å². The van der Waals surface area contributed by atoms with Crippen molar-refractivity contribution in [3.63, 3.8) is 0 Å². The second-order valence-corrected chi connectivity index (χ2v) is 7.09. The van der Waals surface area contributed by atoms with Gasteiger partial charge in [-0.2, -0.15) is 0 Å². The molecule has 0 aliphatic heterocycles. The van der Waals surface area contributed by atoms with Gasteiger partial charge >= 0.3 is 5.97 Å². The number of benzene rings is 1. The molecular weight excluding hydrogens is 280 g/mol. The van der Waals surface area contributed by atoms with Crippen LogP contribution in [0.3, 0.4) is 0 Å². The van der Waals surface area contributed by atoms with Crippen LogP contribution < -0.4 is 0 Å². The summed E-state index contributed by atoms with van der Waals surface area (Å²) in [4.78, 5) is 25.0. The Balaban J connectivity index is 2.16. The van der Waals surface area contributed by atoms with Gasteiger partial charge < -0.3 is 9.84 Å². The van der Waals surface area contributed by atoms with E-state index in [9.17, 15) is 14.7 Å². The maximum absolute atomic E-state index is 12.6. The quantitative estimate of drug-likeness (QED) is 0.809. The van der Waals surface area contributed by atoms with Crippen molar-refractivity contribution in [2.24, 2.45) is 11.3 Å². The highest BCUT2D eigenvalue weighted by Gasteiger charge is 2.57. The summed E-state index contributed by atoms with van der Waals surface area (Å²) in [5.74, 6) is -0.171. The smallest absolute Gasteiger partial charge is 0.311 e. The van der Waals surface area contributed by atoms with E-state index in [-0.39, 0.29) is 28.8 Å². The molecule has 3 atom stereocenters. The molecule has 4 heteroatoms. The monoisotopic (exact) mass is 302 g/mol. The van der Waals surface area contributed by atoms with Gasteiger partial charge in [-0.15, -0.1) is 0 Å². The van der Waals surface area contributed by atoms with E-state index < -0.39 is 5.41 Å². The highest BCUT2D eigenvalue weighted by Crippen LogP contribution is 2.57. The summed E-state index contributed by atoms with van der Waals surface area (Å²) in [6.07, 6.45) is 2.95. The summed E-state index contributed by atoms with van der Waals surface area (Å²) in [5, 5.41) is 9.69. The molecule has 2 aliphatic carbocycles. The summed E-state index contributed by atoms with van der Waals surface area (Å²) in [7, 11) is 1.41. The van der Waals surface area contributed by atoms with Crippen LogP contribution in [0.2, 0.25) is 0 Å². The maximum Gasteiger partial charge on any atom is 0.311 e. The van der Waals surface area contributed by atoms with E-state index in [1.165, 1.54) is 7.11 Å². The minimum Gasteiger partial charge on any atom is -0.508 e. The van der Waals surface area contributed by atoms with Crippen LogP contribution in [0.25, 0.3) is 0 Å². The number of phenolic OH excluding ortho intramolecular Hbond substituents is 1. The predicted molar refractivity (Wildman–Crippen MR) is 81.9 cm³/mol. The molecule has 22 heavy (non-hydrogen) atoms. The van der Waals surface area contributed by atoms with Crippen molar-refractivity contribution < 1.29 is 19.4 Å². The molecule has 118 valence electrons. The Hall–Kier alpha value is -1.84. The summed E-state index contributed by atoms with van der Waals surface area (Å²) in [6.45, 7) is 4.07. The number of carbonyl (C=O) groups is 2. The minimum absolute atomic E-state index is 0.00500. The number of ether oxygens (including phenoxy) is 1. The zero-order valence-corrected chi connectivity index (χ0v) is 13.3. The number of esters is 1. The van der Waals surface area contributed by atoms with E-state index in [1.807, 2.05) is 13.0 Å². The number of hydrogen-bond donors (Lipinski definition) is 1. The standard InChI is InChI=1S/C18H22O4/c1-17-7-4-8-18(2,16(21)22-3)15(17)10-14(20)12-9-11(19)5-6-13(12)17/h5-6,9,15,19H,4,7-8,10H2,1-3H3. The molecule has 0 saturated heterocycles. The molecule has 1 aromatic rings. The van der Waals surface area contributed by atoms with Crippen molar-refractivity contribution in [1.29, 1.82) is 0 Å². The minimum atomic E-state index is -0.632. The first-order chi connectivity index (χ1) is 10.3. The van der Waals surface area contributed by atoms with Crippen molar-refractivity contribution >= 4 is 11.8 Å². The van der Waals surface area contributed by atoms with Crippen LogP contribution in [0.4, 0.5) is 0 Å². The van der Waals surface area contributed by atoms with E-state index >= 15 is 0 Å². The van der Waals surface area contributed by atoms with Gasteiger partial charge in [0.25, 0.3) is 0 Å². The van der Waals surface area contributed by atoms with Gasteiger partial charge in [-0.25, -0.2) is 0 Å².